The lowest BCUT2D eigenvalue weighted by atomic mass is 9.82. The predicted molar refractivity (Wildman–Crippen MR) is 53.6 cm³/mol. The molecule has 1 N–H and O–H groups in total. The molecule has 0 fully saturated rings. The van der Waals surface area contributed by atoms with Crippen molar-refractivity contribution in [3.8, 4) is 0 Å². The van der Waals surface area contributed by atoms with E-state index >= 15 is 0 Å². The third-order valence-corrected chi connectivity index (χ3v) is 2.85. The van der Waals surface area contributed by atoms with E-state index in [0.29, 0.717) is 5.92 Å². The second-order valence-corrected chi connectivity index (χ2v) is 4.26. The van der Waals surface area contributed by atoms with Crippen LogP contribution in [0.2, 0.25) is 0 Å². The van der Waals surface area contributed by atoms with Gasteiger partial charge in [0.2, 0.25) is 0 Å². The van der Waals surface area contributed by atoms with Crippen molar-refractivity contribution in [1.29, 1.82) is 0 Å². The van der Waals surface area contributed by atoms with Crippen LogP contribution in [0, 0.1) is 12.8 Å². The molecule has 1 aromatic rings. The smallest absolute Gasteiger partial charge is 0.0795 e. The van der Waals surface area contributed by atoms with Crippen molar-refractivity contribution in [3.05, 3.63) is 34.9 Å². The minimum atomic E-state index is -0.237. The molecule has 0 heterocycles. The molecule has 0 aliphatic heterocycles. The molecule has 2 rings (SSSR count). The van der Waals surface area contributed by atoms with Crippen LogP contribution in [0.15, 0.2) is 18.2 Å². The molecule has 0 saturated heterocycles. The molecular weight excluding hydrogens is 160 g/mol. The Bertz CT molecular complexity index is 317. The fraction of sp³-hybridized carbons (Fsp3) is 0.500. The van der Waals surface area contributed by atoms with E-state index in [9.17, 15) is 5.11 Å². The molecule has 0 bridgehead atoms. The van der Waals surface area contributed by atoms with Crippen LogP contribution in [0.3, 0.4) is 0 Å². The van der Waals surface area contributed by atoms with Crippen LogP contribution in [-0.4, -0.2) is 5.11 Å². The Morgan fingerprint density at radius 2 is 2.15 bits per heavy atom. The van der Waals surface area contributed by atoms with E-state index in [2.05, 4.69) is 32.0 Å². The third kappa shape index (κ3) is 1.61. The van der Waals surface area contributed by atoms with E-state index in [0.717, 1.165) is 18.4 Å². The zero-order chi connectivity index (χ0) is 9.42. The molecular formula is C12H16O. The summed E-state index contributed by atoms with van der Waals surface area (Å²) in [7, 11) is 0. The molecule has 0 spiro atoms. The molecule has 1 aliphatic carbocycles. The number of hydrogen-bond acceptors (Lipinski definition) is 1. The van der Waals surface area contributed by atoms with Gasteiger partial charge >= 0.3 is 0 Å². The monoisotopic (exact) mass is 176 g/mol. The van der Waals surface area contributed by atoms with Crippen LogP contribution in [0.25, 0.3) is 0 Å². The normalized spacial score (nSPS) is 27.0. The molecule has 1 heteroatoms. The van der Waals surface area contributed by atoms with Crippen LogP contribution in [-0.2, 0) is 6.42 Å². The van der Waals surface area contributed by atoms with Gasteiger partial charge in [0.1, 0.15) is 0 Å². The second kappa shape index (κ2) is 3.15. The highest BCUT2D eigenvalue weighted by atomic mass is 16.3. The SMILES string of the molecule is Cc1ccc2c(c1)[C@H](O)C[C@H](C)C2. The number of aliphatic hydroxyl groups is 1. The Morgan fingerprint density at radius 1 is 1.38 bits per heavy atom. The molecule has 1 aromatic carbocycles. The third-order valence-electron chi connectivity index (χ3n) is 2.85. The van der Waals surface area contributed by atoms with Crippen LogP contribution in [0.4, 0.5) is 0 Å². The lowest BCUT2D eigenvalue weighted by Gasteiger charge is -2.26. The van der Waals surface area contributed by atoms with Gasteiger partial charge in [0.25, 0.3) is 0 Å². The first-order valence-electron chi connectivity index (χ1n) is 4.94. The van der Waals surface area contributed by atoms with E-state index in [1.165, 1.54) is 11.1 Å². The van der Waals surface area contributed by atoms with Gasteiger partial charge in [-0.1, -0.05) is 30.7 Å². The highest BCUT2D eigenvalue weighted by molar-refractivity contribution is 5.35. The summed E-state index contributed by atoms with van der Waals surface area (Å²) < 4.78 is 0. The van der Waals surface area contributed by atoms with Gasteiger partial charge in [0.05, 0.1) is 6.10 Å². The van der Waals surface area contributed by atoms with Crippen molar-refractivity contribution >= 4 is 0 Å². The van der Waals surface area contributed by atoms with Crippen LogP contribution in [0.5, 0.6) is 0 Å². The van der Waals surface area contributed by atoms with Crippen molar-refractivity contribution in [1.82, 2.24) is 0 Å². The number of rotatable bonds is 0. The van der Waals surface area contributed by atoms with Crippen molar-refractivity contribution in [3.63, 3.8) is 0 Å². The minimum Gasteiger partial charge on any atom is -0.388 e. The van der Waals surface area contributed by atoms with Gasteiger partial charge in [0, 0.05) is 0 Å². The van der Waals surface area contributed by atoms with Crippen LogP contribution < -0.4 is 0 Å². The van der Waals surface area contributed by atoms with Gasteiger partial charge in [-0.2, -0.15) is 0 Å². The summed E-state index contributed by atoms with van der Waals surface area (Å²) in [5.41, 5.74) is 3.72. The lowest BCUT2D eigenvalue weighted by molar-refractivity contribution is 0.136. The molecule has 0 amide bonds. The Labute approximate surface area is 79.4 Å². The number of benzene rings is 1. The van der Waals surface area contributed by atoms with Crippen LogP contribution in [0.1, 0.15) is 36.1 Å². The maximum Gasteiger partial charge on any atom is 0.0795 e. The number of hydrogen-bond donors (Lipinski definition) is 1. The zero-order valence-corrected chi connectivity index (χ0v) is 8.25. The topological polar surface area (TPSA) is 20.2 Å². The number of aryl methyl sites for hydroxylation is 1. The van der Waals surface area contributed by atoms with E-state index < -0.39 is 0 Å². The molecule has 0 radical (unpaired) electrons. The van der Waals surface area contributed by atoms with E-state index in [-0.39, 0.29) is 6.10 Å². The Hall–Kier alpha value is -0.820. The summed E-state index contributed by atoms with van der Waals surface area (Å²) in [5, 5.41) is 9.86. The molecule has 1 nitrogen and oxygen atoms in total. The minimum absolute atomic E-state index is 0.237. The van der Waals surface area contributed by atoms with Crippen molar-refractivity contribution < 1.29 is 5.11 Å². The lowest BCUT2D eigenvalue weighted by Crippen LogP contribution is -2.16. The fourth-order valence-corrected chi connectivity index (χ4v) is 2.18. The average Bonchev–Trinajstić information content (AvgIpc) is 2.06. The number of aliphatic hydroxyl groups excluding tert-OH is 1. The molecule has 2 atom stereocenters. The standard InChI is InChI=1S/C12H16O/c1-8-3-4-10-5-9(2)7-12(13)11(10)6-8/h3-4,6,9,12-13H,5,7H2,1-2H3/t9-,12-/m1/s1. The first-order chi connectivity index (χ1) is 6.16. The van der Waals surface area contributed by atoms with Crippen molar-refractivity contribution in [2.24, 2.45) is 5.92 Å². The molecule has 0 unspecified atom stereocenters. The predicted octanol–water partition coefficient (Wildman–Crippen LogP) is 2.61. The summed E-state index contributed by atoms with van der Waals surface area (Å²) >= 11 is 0. The summed E-state index contributed by atoms with van der Waals surface area (Å²) in [4.78, 5) is 0. The second-order valence-electron chi connectivity index (χ2n) is 4.26. The Morgan fingerprint density at radius 3 is 2.92 bits per heavy atom. The molecule has 70 valence electrons. The van der Waals surface area contributed by atoms with Gasteiger partial charge in [0.15, 0.2) is 0 Å². The van der Waals surface area contributed by atoms with E-state index in [1.54, 1.807) is 0 Å². The fourth-order valence-electron chi connectivity index (χ4n) is 2.18. The highest BCUT2D eigenvalue weighted by Crippen LogP contribution is 2.33. The van der Waals surface area contributed by atoms with Gasteiger partial charge in [-0.3, -0.25) is 0 Å². The average molecular weight is 176 g/mol. The van der Waals surface area contributed by atoms with Gasteiger partial charge < -0.3 is 5.11 Å². The largest absolute Gasteiger partial charge is 0.388 e. The van der Waals surface area contributed by atoms with Gasteiger partial charge in [-0.15, -0.1) is 0 Å². The Balaban J connectivity index is 2.43. The van der Waals surface area contributed by atoms with E-state index in [1.807, 2.05) is 0 Å². The first-order valence-corrected chi connectivity index (χ1v) is 4.94. The maximum absolute atomic E-state index is 9.86. The summed E-state index contributed by atoms with van der Waals surface area (Å²) in [5.74, 6) is 0.616. The zero-order valence-electron chi connectivity index (χ0n) is 8.25. The Kier molecular flexibility index (Phi) is 2.12. The van der Waals surface area contributed by atoms with Gasteiger partial charge in [-0.25, -0.2) is 0 Å². The molecule has 0 aromatic heterocycles. The summed E-state index contributed by atoms with van der Waals surface area (Å²) in [6.07, 6.45) is 1.79. The maximum atomic E-state index is 9.86. The molecule has 13 heavy (non-hydrogen) atoms. The van der Waals surface area contributed by atoms with Crippen LogP contribution >= 0.6 is 0 Å². The highest BCUT2D eigenvalue weighted by Gasteiger charge is 2.22. The summed E-state index contributed by atoms with van der Waals surface area (Å²) in [6, 6.07) is 6.40. The summed E-state index contributed by atoms with van der Waals surface area (Å²) in [6.45, 7) is 4.27. The molecule has 0 saturated carbocycles. The quantitative estimate of drug-likeness (QED) is 0.644. The van der Waals surface area contributed by atoms with Gasteiger partial charge in [-0.05, 0) is 36.8 Å². The first kappa shape index (κ1) is 8.76. The van der Waals surface area contributed by atoms with E-state index in [4.69, 9.17) is 0 Å². The van der Waals surface area contributed by atoms with Crippen molar-refractivity contribution in [2.75, 3.05) is 0 Å². The number of fused-ring (bicyclic) bond motifs is 1. The molecule has 1 aliphatic rings. The van der Waals surface area contributed by atoms with Crippen molar-refractivity contribution in [2.45, 2.75) is 32.8 Å².